The summed E-state index contributed by atoms with van der Waals surface area (Å²) in [6, 6.07) is 0. The summed E-state index contributed by atoms with van der Waals surface area (Å²) >= 11 is 0. The summed E-state index contributed by atoms with van der Waals surface area (Å²) in [6.45, 7) is 11.6. The van der Waals surface area contributed by atoms with Gasteiger partial charge in [-0.25, -0.2) is 9.59 Å². The van der Waals surface area contributed by atoms with Crippen LogP contribution in [0.3, 0.4) is 0 Å². The lowest BCUT2D eigenvalue weighted by Gasteiger charge is -2.26. The fourth-order valence-electron chi connectivity index (χ4n) is 2.25. The molecule has 0 aromatic carbocycles. The van der Waals surface area contributed by atoms with Crippen molar-refractivity contribution in [1.29, 1.82) is 0 Å². The summed E-state index contributed by atoms with van der Waals surface area (Å²) < 4.78 is 10.1. The molecule has 0 aliphatic heterocycles. The molecule has 0 heterocycles. The van der Waals surface area contributed by atoms with Gasteiger partial charge in [-0.1, -0.05) is 45.1 Å². The quantitative estimate of drug-likeness (QED) is 0.476. The van der Waals surface area contributed by atoms with Gasteiger partial charge < -0.3 is 14.6 Å². The first-order valence-electron chi connectivity index (χ1n) is 9.35. The van der Waals surface area contributed by atoms with Crippen LogP contribution in [0.25, 0.3) is 0 Å². The van der Waals surface area contributed by atoms with Crippen molar-refractivity contribution in [3.8, 4) is 0 Å². The van der Waals surface area contributed by atoms with Gasteiger partial charge in [-0.3, -0.25) is 4.79 Å². The Morgan fingerprint density at radius 3 is 2.37 bits per heavy atom. The number of carboxylic acids is 1. The molecular weight excluding hydrogens is 348 g/mol. The number of carbonyl (C=O) groups is 3. The molecule has 0 radical (unpaired) electrons. The number of aliphatic carboxylic acids is 1. The first kappa shape index (κ1) is 24.6. The highest BCUT2D eigenvalue weighted by atomic mass is 16.5. The summed E-state index contributed by atoms with van der Waals surface area (Å²) in [7, 11) is 0. The second kappa shape index (κ2) is 12.9. The van der Waals surface area contributed by atoms with E-state index in [4.69, 9.17) is 14.6 Å². The highest BCUT2D eigenvalue weighted by Gasteiger charge is 2.36. The van der Waals surface area contributed by atoms with E-state index in [1.807, 2.05) is 13.8 Å². The van der Waals surface area contributed by atoms with E-state index in [1.54, 1.807) is 32.1 Å². The molecule has 0 saturated carbocycles. The van der Waals surface area contributed by atoms with Crippen molar-refractivity contribution >= 4 is 17.9 Å². The van der Waals surface area contributed by atoms with Crippen molar-refractivity contribution in [2.45, 2.75) is 59.8 Å². The maximum atomic E-state index is 11.8. The lowest BCUT2D eigenvalue weighted by molar-refractivity contribution is -0.151. The van der Waals surface area contributed by atoms with E-state index in [9.17, 15) is 14.4 Å². The van der Waals surface area contributed by atoms with Crippen LogP contribution in [-0.2, 0) is 23.9 Å². The Labute approximate surface area is 161 Å². The van der Waals surface area contributed by atoms with Gasteiger partial charge in [0.15, 0.2) is 0 Å². The van der Waals surface area contributed by atoms with Crippen LogP contribution in [0.1, 0.15) is 59.8 Å². The largest absolute Gasteiger partial charge is 0.478 e. The standard InChI is InChI=1S/C14H20O4.C7H12O2/c1-4-9-18-12(15)11-7-6-8-14(3,10-11)13(16)17-5-2;1-3-4-5-6(2)7(8)9/h6-8H,4-5,9-10H2,1-3H3;2-5H2,1H3,(H,8,9). The van der Waals surface area contributed by atoms with E-state index in [1.165, 1.54) is 0 Å². The van der Waals surface area contributed by atoms with Crippen molar-refractivity contribution in [2.24, 2.45) is 5.41 Å². The van der Waals surface area contributed by atoms with E-state index in [-0.39, 0.29) is 11.9 Å². The van der Waals surface area contributed by atoms with Gasteiger partial charge in [0.05, 0.1) is 18.6 Å². The minimum atomic E-state index is -0.872. The highest BCUT2D eigenvalue weighted by Crippen LogP contribution is 2.33. The van der Waals surface area contributed by atoms with Crippen LogP contribution in [-0.4, -0.2) is 36.2 Å². The van der Waals surface area contributed by atoms with Gasteiger partial charge in [0, 0.05) is 11.1 Å². The zero-order chi connectivity index (χ0) is 20.9. The fourth-order valence-corrected chi connectivity index (χ4v) is 2.25. The van der Waals surface area contributed by atoms with Gasteiger partial charge in [-0.15, -0.1) is 0 Å². The number of allylic oxidation sites excluding steroid dienone is 2. The molecule has 27 heavy (non-hydrogen) atoms. The van der Waals surface area contributed by atoms with Crippen LogP contribution >= 0.6 is 0 Å². The van der Waals surface area contributed by atoms with Gasteiger partial charge in [0.25, 0.3) is 0 Å². The minimum absolute atomic E-state index is 0.310. The predicted molar refractivity (Wildman–Crippen MR) is 104 cm³/mol. The molecule has 1 N–H and O–H groups in total. The van der Waals surface area contributed by atoms with Crippen LogP contribution in [0.2, 0.25) is 0 Å². The third-order valence-corrected chi connectivity index (χ3v) is 3.89. The molecule has 6 heteroatoms. The van der Waals surface area contributed by atoms with E-state index < -0.39 is 11.4 Å². The number of carbonyl (C=O) groups excluding carboxylic acids is 2. The first-order valence-corrected chi connectivity index (χ1v) is 9.35. The van der Waals surface area contributed by atoms with Crippen molar-refractivity contribution in [3.63, 3.8) is 0 Å². The number of ether oxygens (including phenoxy) is 2. The van der Waals surface area contributed by atoms with E-state index in [2.05, 4.69) is 6.58 Å². The highest BCUT2D eigenvalue weighted by molar-refractivity contribution is 5.91. The molecule has 1 aliphatic carbocycles. The molecule has 0 amide bonds. The lowest BCUT2D eigenvalue weighted by Crippen LogP contribution is -2.31. The number of hydrogen-bond acceptors (Lipinski definition) is 5. The van der Waals surface area contributed by atoms with Gasteiger partial charge in [-0.2, -0.15) is 0 Å². The topological polar surface area (TPSA) is 89.9 Å². The second-order valence-electron chi connectivity index (χ2n) is 6.51. The Balaban J connectivity index is 0.000000636. The molecule has 0 bridgehead atoms. The van der Waals surface area contributed by atoms with Gasteiger partial charge >= 0.3 is 17.9 Å². The minimum Gasteiger partial charge on any atom is -0.478 e. The number of esters is 2. The van der Waals surface area contributed by atoms with Crippen molar-refractivity contribution < 1.29 is 29.0 Å². The van der Waals surface area contributed by atoms with Gasteiger partial charge in [-0.05, 0) is 39.5 Å². The molecule has 1 atom stereocenters. The summed E-state index contributed by atoms with van der Waals surface area (Å²) in [6.07, 6.45) is 8.83. The predicted octanol–water partition coefficient (Wildman–Crippen LogP) is 4.21. The number of rotatable bonds is 9. The van der Waals surface area contributed by atoms with Crippen molar-refractivity contribution in [1.82, 2.24) is 0 Å². The molecule has 1 aliphatic rings. The van der Waals surface area contributed by atoms with E-state index >= 15 is 0 Å². The second-order valence-corrected chi connectivity index (χ2v) is 6.51. The molecule has 1 rings (SSSR count). The maximum Gasteiger partial charge on any atom is 0.334 e. The molecular formula is C21H32O6. The van der Waals surface area contributed by atoms with Gasteiger partial charge in [0.2, 0.25) is 0 Å². The molecule has 0 fully saturated rings. The molecule has 0 aromatic rings. The molecule has 0 spiro atoms. The molecule has 0 aromatic heterocycles. The molecule has 0 saturated heterocycles. The van der Waals surface area contributed by atoms with Crippen LogP contribution in [0.5, 0.6) is 0 Å². The monoisotopic (exact) mass is 380 g/mol. The third kappa shape index (κ3) is 9.22. The van der Waals surface area contributed by atoms with Crippen LogP contribution in [0.4, 0.5) is 0 Å². The van der Waals surface area contributed by atoms with Crippen molar-refractivity contribution in [2.75, 3.05) is 13.2 Å². The zero-order valence-electron chi connectivity index (χ0n) is 16.9. The number of carboxylic acid groups (broad SMARTS) is 1. The summed E-state index contributed by atoms with van der Waals surface area (Å²) in [5, 5.41) is 8.31. The van der Waals surface area contributed by atoms with Crippen LogP contribution in [0.15, 0.2) is 36.0 Å². The average molecular weight is 380 g/mol. The SMILES string of the molecule is C=C(CCCC)C(=O)O.CCCOC(=O)C1=CC=CC(C)(C(=O)OCC)C1. The lowest BCUT2D eigenvalue weighted by atomic mass is 9.80. The Morgan fingerprint density at radius 1 is 1.19 bits per heavy atom. The maximum absolute atomic E-state index is 11.8. The Kier molecular flexibility index (Phi) is 11.8. The summed E-state index contributed by atoms with van der Waals surface area (Å²) in [5.41, 5.74) is 0.0593. The smallest absolute Gasteiger partial charge is 0.334 e. The molecule has 6 nitrogen and oxygen atoms in total. The fraction of sp³-hybridized carbons (Fsp3) is 0.571. The molecule has 1 unspecified atom stereocenters. The van der Waals surface area contributed by atoms with Crippen LogP contribution < -0.4 is 0 Å². The van der Waals surface area contributed by atoms with Gasteiger partial charge in [0.1, 0.15) is 0 Å². The van der Waals surface area contributed by atoms with E-state index in [0.717, 1.165) is 19.3 Å². The van der Waals surface area contributed by atoms with Crippen LogP contribution in [0, 0.1) is 5.41 Å². The molecule has 152 valence electrons. The first-order chi connectivity index (χ1) is 12.7. The van der Waals surface area contributed by atoms with E-state index in [0.29, 0.717) is 37.2 Å². The normalized spacial score (nSPS) is 17.9. The number of unbranched alkanes of at least 4 members (excludes halogenated alkanes) is 1. The Morgan fingerprint density at radius 2 is 1.85 bits per heavy atom. The Hall–Kier alpha value is -2.37. The average Bonchev–Trinajstić information content (AvgIpc) is 2.64. The summed E-state index contributed by atoms with van der Waals surface area (Å²) in [4.78, 5) is 33.7. The third-order valence-electron chi connectivity index (χ3n) is 3.89. The number of hydrogen-bond donors (Lipinski definition) is 1. The zero-order valence-corrected chi connectivity index (χ0v) is 16.9. The Bertz CT molecular complexity index is 587. The van der Waals surface area contributed by atoms with Crippen molar-refractivity contribution in [3.05, 3.63) is 36.0 Å². The summed E-state index contributed by atoms with van der Waals surface area (Å²) in [5.74, 6) is -1.53.